The zero-order valence-electron chi connectivity index (χ0n) is 21.4. The highest BCUT2D eigenvalue weighted by Gasteiger charge is 2.53. The van der Waals surface area contributed by atoms with Crippen LogP contribution in [0.1, 0.15) is 38.4 Å². The molecule has 8 nitrogen and oxygen atoms in total. The maximum absolute atomic E-state index is 14.0. The maximum atomic E-state index is 14.0. The molecule has 0 spiro atoms. The van der Waals surface area contributed by atoms with Gasteiger partial charge in [-0.1, -0.05) is 6.07 Å². The fourth-order valence-corrected chi connectivity index (χ4v) is 4.79. The fraction of sp³-hybridized carbons (Fsp3) is 0.370. The van der Waals surface area contributed by atoms with Gasteiger partial charge >= 0.3 is 0 Å². The molecule has 2 aromatic carbocycles. The lowest BCUT2D eigenvalue weighted by Crippen LogP contribution is -2.55. The molecule has 0 amide bonds. The van der Waals surface area contributed by atoms with E-state index in [4.69, 9.17) is 13.9 Å². The Morgan fingerprint density at radius 1 is 1.13 bits per heavy atom. The van der Waals surface area contributed by atoms with Gasteiger partial charge in [-0.05, 0) is 51.0 Å². The van der Waals surface area contributed by atoms with Crippen LogP contribution < -0.4 is 9.47 Å². The lowest BCUT2D eigenvalue weighted by Gasteiger charge is -2.44. The third-order valence-corrected chi connectivity index (χ3v) is 6.69. The van der Waals surface area contributed by atoms with Gasteiger partial charge in [-0.15, -0.1) is 10.2 Å². The molecule has 1 aliphatic heterocycles. The summed E-state index contributed by atoms with van der Waals surface area (Å²) in [6.07, 6.45) is -0.360. The zero-order chi connectivity index (χ0) is 27.9. The van der Waals surface area contributed by atoms with Crippen molar-refractivity contribution in [2.24, 2.45) is 0 Å². The number of rotatable bonds is 8. The summed E-state index contributed by atoms with van der Waals surface area (Å²) >= 11 is 0. The fourth-order valence-electron chi connectivity index (χ4n) is 4.79. The largest absolute Gasteiger partial charge is 0.487 e. The molecule has 39 heavy (non-hydrogen) atoms. The summed E-state index contributed by atoms with van der Waals surface area (Å²) in [4.78, 5) is 4.06. The van der Waals surface area contributed by atoms with Crippen LogP contribution in [-0.4, -0.2) is 43.5 Å². The molecule has 0 fully saturated rings. The normalized spacial score (nSPS) is 17.4. The van der Waals surface area contributed by atoms with E-state index >= 15 is 0 Å². The number of nitrogens with zero attached hydrogens (tertiary/aromatic N) is 4. The van der Waals surface area contributed by atoms with E-state index in [2.05, 4.69) is 15.2 Å². The van der Waals surface area contributed by atoms with Crippen LogP contribution in [0.25, 0.3) is 22.7 Å². The molecule has 206 valence electrons. The number of benzene rings is 2. The number of hydrogen-bond donors (Lipinski definition) is 1. The molecule has 0 bridgehead atoms. The van der Waals surface area contributed by atoms with Crippen LogP contribution in [0.3, 0.4) is 0 Å². The molecule has 1 unspecified atom stereocenters. The highest BCUT2D eigenvalue weighted by molar-refractivity contribution is 5.71. The number of hydrogen-bond acceptors (Lipinski definition) is 7. The second-order valence-corrected chi connectivity index (χ2v) is 9.82. The third-order valence-electron chi connectivity index (χ3n) is 6.69. The molecule has 12 heteroatoms. The molecule has 5 rings (SSSR count). The highest BCUT2D eigenvalue weighted by Crippen LogP contribution is 2.45. The predicted molar refractivity (Wildman–Crippen MR) is 131 cm³/mol. The van der Waals surface area contributed by atoms with E-state index in [9.17, 15) is 22.7 Å². The van der Waals surface area contributed by atoms with Crippen molar-refractivity contribution in [3.63, 3.8) is 0 Å². The van der Waals surface area contributed by atoms with E-state index < -0.39 is 35.9 Å². The average Bonchev–Trinajstić information content (AvgIpc) is 3.51. The summed E-state index contributed by atoms with van der Waals surface area (Å²) in [6, 6.07) is 8.07. The van der Waals surface area contributed by atoms with E-state index in [1.54, 1.807) is 43.5 Å². The Balaban J connectivity index is 1.59. The second kappa shape index (κ2) is 9.99. The first-order valence-electron chi connectivity index (χ1n) is 12.3. The predicted octanol–water partition coefficient (Wildman–Crippen LogP) is 5.67. The summed E-state index contributed by atoms with van der Waals surface area (Å²) in [5.74, 6) is -0.526. The minimum atomic E-state index is -2.69. The molecule has 2 aromatic heterocycles. The molecule has 1 aliphatic rings. The van der Waals surface area contributed by atoms with Crippen LogP contribution in [-0.2, 0) is 12.1 Å². The molecule has 0 radical (unpaired) electrons. The summed E-state index contributed by atoms with van der Waals surface area (Å²) in [5, 5.41) is 19.9. The first kappa shape index (κ1) is 26.7. The first-order valence-corrected chi connectivity index (χ1v) is 12.3. The van der Waals surface area contributed by atoms with E-state index in [1.807, 2.05) is 0 Å². The minimum absolute atomic E-state index is 0.0170. The lowest BCUT2D eigenvalue weighted by atomic mass is 9.79. The van der Waals surface area contributed by atoms with Gasteiger partial charge in [0.1, 0.15) is 23.7 Å². The SMILES string of the molecule is Cc1ncc(-c2ccc(-c3nnc4n3CCCC4(Oc3ccc(F)c(F)c3)C(C)(C)O)cc2OCC(F)F)o1. The van der Waals surface area contributed by atoms with Gasteiger partial charge in [0.15, 0.2) is 40.5 Å². The Kier molecular flexibility index (Phi) is 6.83. The zero-order valence-corrected chi connectivity index (χ0v) is 21.4. The van der Waals surface area contributed by atoms with E-state index in [0.29, 0.717) is 48.0 Å². The molecule has 3 heterocycles. The van der Waals surface area contributed by atoms with Gasteiger partial charge in [-0.25, -0.2) is 22.5 Å². The van der Waals surface area contributed by atoms with E-state index in [0.717, 1.165) is 12.1 Å². The number of halogens is 4. The first-order chi connectivity index (χ1) is 18.5. The number of aromatic nitrogens is 4. The Morgan fingerprint density at radius 2 is 1.92 bits per heavy atom. The van der Waals surface area contributed by atoms with Crippen molar-refractivity contribution in [3.05, 3.63) is 65.9 Å². The van der Waals surface area contributed by atoms with Crippen LogP contribution in [0.5, 0.6) is 11.5 Å². The number of oxazole rings is 1. The van der Waals surface area contributed by atoms with Crippen LogP contribution in [0.2, 0.25) is 0 Å². The van der Waals surface area contributed by atoms with Crippen molar-refractivity contribution in [1.82, 2.24) is 19.7 Å². The molecule has 4 aromatic rings. The Morgan fingerprint density at radius 3 is 2.59 bits per heavy atom. The van der Waals surface area contributed by atoms with Gasteiger partial charge < -0.3 is 23.6 Å². The van der Waals surface area contributed by atoms with Crippen molar-refractivity contribution < 1.29 is 36.6 Å². The van der Waals surface area contributed by atoms with Crippen LogP contribution in [0, 0.1) is 18.6 Å². The maximum Gasteiger partial charge on any atom is 0.272 e. The number of fused-ring (bicyclic) bond motifs is 1. The van der Waals surface area contributed by atoms with Crippen LogP contribution >= 0.6 is 0 Å². The van der Waals surface area contributed by atoms with Gasteiger partial charge in [-0.3, -0.25) is 0 Å². The quantitative estimate of drug-likeness (QED) is 0.285. The average molecular weight is 547 g/mol. The number of ether oxygens (including phenoxy) is 2. The summed E-state index contributed by atoms with van der Waals surface area (Å²) < 4.78 is 72.4. The Hall–Kier alpha value is -3.93. The van der Waals surface area contributed by atoms with Crippen molar-refractivity contribution in [2.45, 2.75) is 57.8 Å². The third kappa shape index (κ3) is 4.96. The summed E-state index contributed by atoms with van der Waals surface area (Å²) in [5.41, 5.74) is -2.02. The standard InChI is InChI=1S/C27H26F4N4O4/c1-15-32-13-22(38-15)18-7-5-16(11-21(18)37-14-23(30)31)24-33-34-25-27(26(2,3)36,9-4-10-35(24)25)39-17-6-8-19(28)20(29)12-17/h5-8,11-13,23,36H,4,9-10,14H2,1-3H3. The topological polar surface area (TPSA) is 95.4 Å². The van der Waals surface area contributed by atoms with Crippen molar-refractivity contribution in [1.29, 1.82) is 0 Å². The monoisotopic (exact) mass is 546 g/mol. The molecule has 1 N–H and O–H groups in total. The van der Waals surface area contributed by atoms with Crippen LogP contribution in [0.15, 0.2) is 47.0 Å². The van der Waals surface area contributed by atoms with Crippen LogP contribution in [0.4, 0.5) is 17.6 Å². The molecule has 0 saturated carbocycles. The molecular formula is C27H26F4N4O4. The van der Waals surface area contributed by atoms with Crippen molar-refractivity contribution in [2.75, 3.05) is 6.61 Å². The Labute approximate surface area is 221 Å². The number of aliphatic hydroxyl groups is 1. The van der Waals surface area contributed by atoms with Gasteiger partial charge in [0.25, 0.3) is 6.43 Å². The minimum Gasteiger partial charge on any atom is -0.487 e. The lowest BCUT2D eigenvalue weighted by molar-refractivity contribution is -0.137. The number of alkyl halides is 2. The van der Waals surface area contributed by atoms with E-state index in [-0.39, 0.29) is 17.3 Å². The van der Waals surface area contributed by atoms with Gasteiger partial charge in [0, 0.05) is 25.1 Å². The summed E-state index contributed by atoms with van der Waals surface area (Å²) in [6.45, 7) is 4.39. The van der Waals surface area contributed by atoms with Crippen molar-refractivity contribution in [3.8, 4) is 34.2 Å². The second-order valence-electron chi connectivity index (χ2n) is 9.82. The Bertz CT molecular complexity index is 1500. The molecule has 1 atom stereocenters. The van der Waals surface area contributed by atoms with Gasteiger partial charge in [0.2, 0.25) is 0 Å². The van der Waals surface area contributed by atoms with Gasteiger partial charge in [0.05, 0.1) is 11.8 Å². The molecular weight excluding hydrogens is 520 g/mol. The highest BCUT2D eigenvalue weighted by atomic mass is 19.3. The smallest absolute Gasteiger partial charge is 0.272 e. The summed E-state index contributed by atoms with van der Waals surface area (Å²) in [7, 11) is 0. The van der Waals surface area contributed by atoms with E-state index in [1.165, 1.54) is 12.3 Å². The molecule has 0 saturated heterocycles. The molecule has 0 aliphatic carbocycles. The number of aryl methyl sites for hydroxylation is 1. The van der Waals surface area contributed by atoms with Crippen molar-refractivity contribution >= 4 is 0 Å². The van der Waals surface area contributed by atoms with Gasteiger partial charge in [-0.2, -0.15) is 0 Å².